The molecule has 3 aromatic rings. The normalized spacial score (nSPS) is 12.0. The molecule has 2 radical (unpaired) electrons. The summed E-state index contributed by atoms with van der Waals surface area (Å²) in [6, 6.07) is 11.3. The van der Waals surface area contributed by atoms with E-state index in [-0.39, 0.29) is 54.7 Å². The van der Waals surface area contributed by atoms with Crippen molar-refractivity contribution >= 4 is 61.7 Å². The minimum absolute atomic E-state index is 0.116. The van der Waals surface area contributed by atoms with E-state index in [9.17, 15) is 38.4 Å². The highest BCUT2D eigenvalue weighted by molar-refractivity contribution is 6.08. The van der Waals surface area contributed by atoms with Crippen LogP contribution in [0.2, 0.25) is 0 Å². The van der Waals surface area contributed by atoms with E-state index in [4.69, 9.17) is 31.5 Å². The van der Waals surface area contributed by atoms with E-state index in [1.54, 1.807) is 38.2 Å². The average molecular weight is 918 g/mol. The van der Waals surface area contributed by atoms with Gasteiger partial charge in [0.1, 0.15) is 17.6 Å². The van der Waals surface area contributed by atoms with Gasteiger partial charge in [-0.05, 0) is 62.1 Å². The van der Waals surface area contributed by atoms with Gasteiger partial charge in [0.05, 0.1) is 49.4 Å². The number of hydroxylamine groups is 2. The maximum atomic E-state index is 13.7. The van der Waals surface area contributed by atoms with Gasteiger partial charge in [-0.15, -0.1) is 0 Å². The van der Waals surface area contributed by atoms with E-state index < -0.39 is 72.6 Å². The lowest BCUT2D eigenvalue weighted by Gasteiger charge is -2.32. The summed E-state index contributed by atoms with van der Waals surface area (Å²) >= 11 is 0. The minimum Gasteiger partial charge on any atom is -0.542 e. The molecule has 356 valence electrons. The predicted octanol–water partition coefficient (Wildman–Crippen LogP) is 5.18. The van der Waals surface area contributed by atoms with Crippen LogP contribution in [0.15, 0.2) is 59.0 Å². The fourth-order valence-corrected chi connectivity index (χ4v) is 6.55. The summed E-state index contributed by atoms with van der Waals surface area (Å²) in [7, 11) is 6.72. The summed E-state index contributed by atoms with van der Waals surface area (Å²) in [5.74, 6) is -6.40. The third-order valence-corrected chi connectivity index (χ3v) is 10.2. The Kier molecular flexibility index (Phi) is 23.4. The Balaban J connectivity index is 1.78. The van der Waals surface area contributed by atoms with Crippen molar-refractivity contribution in [2.75, 3.05) is 38.9 Å². The molecule has 0 bridgehead atoms. The number of hydrogen-bond donors (Lipinski definition) is 4. The molecule has 0 aliphatic carbocycles. The smallest absolute Gasteiger partial charge is 0.378 e. The van der Waals surface area contributed by atoms with Gasteiger partial charge in [-0.1, -0.05) is 78.0 Å². The SMILES string of the molecule is [B]OC(=O)[C@H](CC(=O)OCCCC)NC(=O)c1ccc(-c2ccc(C(=O)NCNC(=O)[C@H](CCCCC)[C@@H](CC)N(C=O)OC(=O)c3ccccc3NC)o2)cc1OCC(=O)OCCCC. The number of para-hydroxylation sites is 1. The van der Waals surface area contributed by atoms with E-state index in [1.165, 1.54) is 30.3 Å². The Morgan fingerprint density at radius 2 is 1.50 bits per heavy atom. The van der Waals surface area contributed by atoms with Crippen LogP contribution in [0.4, 0.5) is 5.69 Å². The van der Waals surface area contributed by atoms with Crippen LogP contribution in [-0.4, -0.2) is 107 Å². The Bertz CT molecular complexity index is 2090. The van der Waals surface area contributed by atoms with Crippen molar-refractivity contribution in [3.63, 3.8) is 0 Å². The second kappa shape index (κ2) is 28.8. The number of ether oxygens (including phenoxy) is 3. The third kappa shape index (κ3) is 16.6. The van der Waals surface area contributed by atoms with Gasteiger partial charge >= 0.3 is 31.9 Å². The van der Waals surface area contributed by atoms with Crippen molar-refractivity contribution in [2.45, 2.75) is 104 Å². The summed E-state index contributed by atoms with van der Waals surface area (Å²) in [6.07, 6.45) is 5.52. The molecular weight excluding hydrogens is 857 g/mol. The van der Waals surface area contributed by atoms with Crippen molar-refractivity contribution < 1.29 is 66.5 Å². The van der Waals surface area contributed by atoms with Crippen molar-refractivity contribution in [3.8, 4) is 17.1 Å². The zero-order chi connectivity index (χ0) is 48.4. The number of esters is 2. The van der Waals surface area contributed by atoms with Crippen LogP contribution in [-0.2, 0) is 42.9 Å². The lowest BCUT2D eigenvalue weighted by molar-refractivity contribution is -0.171. The Morgan fingerprint density at radius 3 is 2.15 bits per heavy atom. The number of nitrogens with one attached hydrogen (secondary N) is 4. The van der Waals surface area contributed by atoms with Crippen LogP contribution in [0.5, 0.6) is 5.75 Å². The first-order valence-corrected chi connectivity index (χ1v) is 22.0. The van der Waals surface area contributed by atoms with E-state index in [0.717, 1.165) is 30.7 Å². The van der Waals surface area contributed by atoms with Crippen molar-refractivity contribution in [3.05, 3.63) is 71.5 Å². The molecule has 20 heteroatoms. The number of hydrogen-bond acceptors (Lipinski definition) is 15. The maximum absolute atomic E-state index is 13.7. The Morgan fingerprint density at radius 1 is 0.803 bits per heavy atom. The molecule has 2 aromatic carbocycles. The quantitative estimate of drug-likeness (QED) is 0.0168. The number of amides is 4. The van der Waals surface area contributed by atoms with Crippen molar-refractivity contribution in [1.82, 2.24) is 21.0 Å². The summed E-state index contributed by atoms with van der Waals surface area (Å²) in [5.41, 5.74) is 0.851. The fraction of sp³-hybridized carbons (Fsp3) is 0.478. The molecule has 1 heterocycles. The molecular formula is C46H60BN5O14. The second-order valence-electron chi connectivity index (χ2n) is 14.9. The number of rotatable bonds is 30. The third-order valence-electron chi connectivity index (χ3n) is 10.2. The van der Waals surface area contributed by atoms with Gasteiger partial charge < -0.3 is 49.4 Å². The highest BCUT2D eigenvalue weighted by Crippen LogP contribution is 2.30. The van der Waals surface area contributed by atoms with Gasteiger partial charge in [0.2, 0.25) is 12.3 Å². The summed E-state index contributed by atoms with van der Waals surface area (Å²) < 4.78 is 26.2. The molecule has 3 rings (SSSR count). The van der Waals surface area contributed by atoms with Crippen molar-refractivity contribution in [2.24, 2.45) is 5.92 Å². The number of anilines is 1. The Hall–Kier alpha value is -6.86. The van der Waals surface area contributed by atoms with Crippen molar-refractivity contribution in [1.29, 1.82) is 0 Å². The maximum Gasteiger partial charge on any atom is 0.378 e. The van der Waals surface area contributed by atoms with Crippen LogP contribution in [0.1, 0.15) is 123 Å². The van der Waals surface area contributed by atoms with E-state index in [0.29, 0.717) is 43.3 Å². The van der Waals surface area contributed by atoms with Gasteiger partial charge in [-0.2, -0.15) is 5.06 Å². The van der Waals surface area contributed by atoms with Crippen LogP contribution in [0.3, 0.4) is 0 Å². The molecule has 0 saturated carbocycles. The monoisotopic (exact) mass is 917 g/mol. The van der Waals surface area contributed by atoms with Gasteiger partial charge in [0.25, 0.3) is 11.8 Å². The molecule has 0 spiro atoms. The predicted molar refractivity (Wildman–Crippen MR) is 241 cm³/mol. The summed E-state index contributed by atoms with van der Waals surface area (Å²) in [6.45, 7) is 6.96. The topological polar surface area (TPSA) is 247 Å². The zero-order valence-electron chi connectivity index (χ0n) is 38.1. The lowest BCUT2D eigenvalue weighted by atomic mass is 9.90. The first kappa shape index (κ1) is 53.5. The molecule has 3 atom stereocenters. The summed E-state index contributed by atoms with van der Waals surface area (Å²) in [4.78, 5) is 109. The summed E-state index contributed by atoms with van der Waals surface area (Å²) in [5, 5.41) is 11.5. The van der Waals surface area contributed by atoms with Gasteiger partial charge in [-0.25, -0.2) is 9.59 Å². The molecule has 0 aliphatic heterocycles. The van der Waals surface area contributed by atoms with Crippen LogP contribution in [0, 0.1) is 5.92 Å². The molecule has 0 unspecified atom stereocenters. The van der Waals surface area contributed by atoms with E-state index in [1.807, 2.05) is 20.8 Å². The fourth-order valence-electron chi connectivity index (χ4n) is 6.55. The molecule has 19 nitrogen and oxygen atoms in total. The van der Waals surface area contributed by atoms with Gasteiger partial charge in [-0.3, -0.25) is 28.8 Å². The van der Waals surface area contributed by atoms with Crippen LogP contribution < -0.4 is 26.0 Å². The highest BCUT2D eigenvalue weighted by Gasteiger charge is 2.34. The van der Waals surface area contributed by atoms with Gasteiger partial charge in [0, 0.05) is 18.3 Å². The van der Waals surface area contributed by atoms with Crippen LogP contribution >= 0.6 is 0 Å². The number of furan rings is 1. The number of benzene rings is 2. The average Bonchev–Trinajstić information content (AvgIpc) is 3.83. The molecule has 4 amide bonds. The van der Waals surface area contributed by atoms with E-state index in [2.05, 4.69) is 25.9 Å². The molecule has 1 aromatic heterocycles. The molecule has 0 aliphatic rings. The highest BCUT2D eigenvalue weighted by atomic mass is 16.7. The zero-order valence-corrected chi connectivity index (χ0v) is 38.1. The first-order chi connectivity index (χ1) is 31.8. The largest absolute Gasteiger partial charge is 0.542 e. The van der Waals surface area contributed by atoms with Gasteiger partial charge in [0.15, 0.2) is 12.4 Å². The minimum atomic E-state index is -1.53. The first-order valence-electron chi connectivity index (χ1n) is 22.0. The standard InChI is InChI=1S/C46H60BN5O14/c1-6-10-13-17-32(36(9-4)52(29-53)66-45(59)31-16-14-15-18-34(31)48-5)42(56)49-28-50-44(58)38-22-21-37(64-38)30-19-20-33(39(25-30)63-27-41(55)62-24-12-8-3)43(57)51-35(46(60)65-47)26-40(54)61-23-11-7-2/h14-16,18-22,25,29,32,35-36,48H,6-13,17,23-24,26-28H2,1-5H3,(H,49,56)(H,50,58)(H,51,57)/t32-,35+,36-/m1/s1. The second-order valence-corrected chi connectivity index (χ2v) is 14.9. The van der Waals surface area contributed by atoms with E-state index >= 15 is 0 Å². The Labute approximate surface area is 385 Å². The lowest BCUT2D eigenvalue weighted by Crippen LogP contribution is -2.49. The number of carbonyl (C=O) groups is 8. The number of nitrogens with zero attached hydrogens (tertiary/aromatic N) is 1. The molecule has 0 saturated heterocycles. The number of carbonyl (C=O) groups excluding carboxylic acids is 8. The number of unbranched alkanes of at least 4 members (excludes halogenated alkanes) is 4. The van der Waals surface area contributed by atoms with Crippen LogP contribution in [0.25, 0.3) is 11.3 Å². The molecule has 4 N–H and O–H groups in total. The molecule has 66 heavy (non-hydrogen) atoms. The molecule has 0 fully saturated rings.